The van der Waals surface area contributed by atoms with Crippen molar-refractivity contribution in [3.05, 3.63) is 168 Å². The number of rotatable bonds is 2. The summed E-state index contributed by atoms with van der Waals surface area (Å²) in [5.74, 6) is 0. The largest absolute Gasteiger partial charge is 0.235 e. The lowest BCUT2D eigenvalue weighted by molar-refractivity contribution is 0.794. The van der Waals surface area contributed by atoms with E-state index in [0.29, 0.717) is 20.3 Å². The average Bonchev–Trinajstić information content (AvgIpc) is 3.92. The van der Waals surface area contributed by atoms with Crippen molar-refractivity contribution in [2.75, 3.05) is 0 Å². The Bertz CT molecular complexity index is 3480. The minimum Gasteiger partial charge on any atom is -0.235 e. The lowest BCUT2D eigenvalue weighted by Crippen LogP contribution is -2.25. The molecule has 0 bridgehead atoms. The fourth-order valence-electron chi connectivity index (χ4n) is 6.39. The van der Waals surface area contributed by atoms with Gasteiger partial charge in [0.1, 0.15) is 6.33 Å². The van der Waals surface area contributed by atoms with Gasteiger partial charge >= 0.3 is 0 Å². The summed E-state index contributed by atoms with van der Waals surface area (Å²) in [7, 11) is 0. The predicted molar refractivity (Wildman–Crippen MR) is 182 cm³/mol. The summed E-state index contributed by atoms with van der Waals surface area (Å²) in [5.41, 5.74) is -5.30. The maximum atomic E-state index is 9.90. The first-order valence-corrected chi connectivity index (χ1v) is 14.2. The summed E-state index contributed by atoms with van der Waals surface area (Å²) in [6.45, 7) is 0. The molecule has 0 saturated heterocycles. The van der Waals surface area contributed by atoms with Gasteiger partial charge in [0.2, 0.25) is 0 Å². The first-order valence-electron chi connectivity index (χ1n) is 23.4. The van der Waals surface area contributed by atoms with Gasteiger partial charge < -0.3 is 0 Å². The second-order valence-corrected chi connectivity index (χ2v) is 11.3. The topological polar surface area (TPSA) is 25.8 Å². The van der Waals surface area contributed by atoms with Gasteiger partial charge in [-0.25, -0.2) is 9.97 Å². The maximum Gasteiger partial charge on any atom is 0.116 e. The molecule has 0 fully saturated rings. The van der Waals surface area contributed by atoms with Gasteiger partial charge in [-0.05, 0) is 73.8 Å². The zero-order valence-corrected chi connectivity index (χ0v) is 22.9. The van der Waals surface area contributed by atoms with Crippen molar-refractivity contribution in [1.29, 1.82) is 0 Å². The van der Waals surface area contributed by atoms with Gasteiger partial charge in [0, 0.05) is 15.6 Å². The molecule has 2 heterocycles. The van der Waals surface area contributed by atoms with Crippen LogP contribution in [0.4, 0.5) is 0 Å². The molecule has 2 aromatic heterocycles. The van der Waals surface area contributed by atoms with Gasteiger partial charge in [-0.1, -0.05) is 121 Å². The lowest BCUT2D eigenvalue weighted by Gasteiger charge is -2.30. The number of aromatic nitrogens is 2. The van der Waals surface area contributed by atoms with Gasteiger partial charge in [-0.15, -0.1) is 11.3 Å². The van der Waals surface area contributed by atoms with Crippen LogP contribution in [-0.2, 0) is 5.41 Å². The Labute approximate surface area is 287 Å². The third kappa shape index (κ3) is 3.04. The van der Waals surface area contributed by atoms with Crippen LogP contribution in [-0.4, -0.2) is 9.97 Å². The molecule has 8 aromatic rings. The molecule has 0 aliphatic heterocycles. The molecule has 0 amide bonds. The highest BCUT2D eigenvalue weighted by molar-refractivity contribution is 7.26. The second kappa shape index (κ2) is 8.82. The zero-order chi connectivity index (χ0) is 46.2. The van der Waals surface area contributed by atoms with Crippen molar-refractivity contribution < 1.29 is 27.4 Å². The van der Waals surface area contributed by atoms with E-state index >= 15 is 0 Å². The zero-order valence-electron chi connectivity index (χ0n) is 42.1. The molecule has 3 heteroatoms. The van der Waals surface area contributed by atoms with Gasteiger partial charge in [0.05, 0.1) is 48.7 Å². The molecular formula is C41H24N2S. The van der Waals surface area contributed by atoms with Crippen LogP contribution in [0.2, 0.25) is 0 Å². The van der Waals surface area contributed by atoms with Crippen molar-refractivity contribution in [3.63, 3.8) is 0 Å². The predicted octanol–water partition coefficient (Wildman–Crippen LogP) is 10.5. The lowest BCUT2D eigenvalue weighted by atomic mass is 9.70. The smallest absolute Gasteiger partial charge is 0.116 e. The Balaban J connectivity index is 1.34. The molecule has 204 valence electrons. The molecule has 2 aliphatic rings. The van der Waals surface area contributed by atoms with Crippen LogP contribution in [0.3, 0.4) is 0 Å². The Morgan fingerprint density at radius 1 is 0.545 bits per heavy atom. The summed E-state index contributed by atoms with van der Waals surface area (Å²) in [5, 5.41) is 0.434. The van der Waals surface area contributed by atoms with Crippen LogP contribution < -0.4 is 0 Å². The molecular weight excluding hydrogens is 553 g/mol. The van der Waals surface area contributed by atoms with Crippen LogP contribution in [0.5, 0.6) is 0 Å². The fourth-order valence-corrected chi connectivity index (χ4v) is 7.52. The van der Waals surface area contributed by atoms with E-state index in [4.69, 9.17) is 17.8 Å². The van der Waals surface area contributed by atoms with E-state index in [9.17, 15) is 9.60 Å². The molecule has 6 aromatic carbocycles. The molecule has 2 aliphatic carbocycles. The van der Waals surface area contributed by atoms with E-state index < -0.39 is 143 Å². The highest BCUT2D eigenvalue weighted by Crippen LogP contribution is 2.62. The number of benzene rings is 6. The molecule has 0 N–H and O–H groups in total. The molecule has 0 radical (unpaired) electrons. The van der Waals surface area contributed by atoms with Crippen molar-refractivity contribution in [2.45, 2.75) is 5.41 Å². The summed E-state index contributed by atoms with van der Waals surface area (Å²) < 4.78 is 180. The molecule has 2 nitrogen and oxygen atoms in total. The molecule has 0 unspecified atom stereocenters. The number of thiophene rings is 1. The number of nitrogens with zero attached hydrogens (tertiary/aromatic N) is 2. The monoisotopic (exact) mass is 596 g/mol. The highest BCUT2D eigenvalue weighted by atomic mass is 32.1. The van der Waals surface area contributed by atoms with Crippen molar-refractivity contribution >= 4 is 31.6 Å². The minimum absolute atomic E-state index is 0.0715. The number of hydrogen-bond donors (Lipinski definition) is 0. The van der Waals surface area contributed by atoms with Crippen molar-refractivity contribution in [3.8, 4) is 44.6 Å². The quantitative estimate of drug-likeness (QED) is 0.198. The van der Waals surface area contributed by atoms with Gasteiger partial charge in [-0.3, -0.25) is 0 Å². The second-order valence-electron chi connectivity index (χ2n) is 10.2. The van der Waals surface area contributed by atoms with E-state index in [2.05, 4.69) is 9.97 Å². The molecule has 10 rings (SSSR count). The third-order valence-corrected chi connectivity index (χ3v) is 9.32. The molecule has 0 saturated carbocycles. The Kier molecular flexibility index (Phi) is 2.40. The van der Waals surface area contributed by atoms with Crippen LogP contribution >= 0.6 is 11.3 Å². The molecule has 44 heavy (non-hydrogen) atoms. The van der Waals surface area contributed by atoms with E-state index in [0.717, 1.165) is 11.3 Å². The van der Waals surface area contributed by atoms with Crippen LogP contribution in [0.25, 0.3) is 64.9 Å². The highest BCUT2D eigenvalue weighted by Gasteiger charge is 2.51. The first kappa shape index (κ1) is 12.0. The normalized spacial score (nSPS) is 20.0. The van der Waals surface area contributed by atoms with Gasteiger partial charge in [0.15, 0.2) is 0 Å². The summed E-state index contributed by atoms with van der Waals surface area (Å²) in [6, 6.07) is -8.71. The van der Waals surface area contributed by atoms with Crippen LogP contribution in [0, 0.1) is 0 Å². The summed E-state index contributed by atoms with van der Waals surface area (Å²) in [4.78, 5) is 8.77. The Morgan fingerprint density at radius 3 is 1.86 bits per heavy atom. The van der Waals surface area contributed by atoms with Crippen LogP contribution in [0.1, 0.15) is 49.7 Å². The van der Waals surface area contributed by atoms with E-state index in [1.54, 1.807) is 18.2 Å². The summed E-state index contributed by atoms with van der Waals surface area (Å²) >= 11 is 1.16. The van der Waals surface area contributed by atoms with Gasteiger partial charge in [0.25, 0.3) is 0 Å². The Hall–Kier alpha value is -5.38. The first-order chi connectivity index (χ1) is 30.1. The van der Waals surface area contributed by atoms with Crippen molar-refractivity contribution in [2.24, 2.45) is 0 Å². The summed E-state index contributed by atoms with van der Waals surface area (Å²) in [6.07, 6.45) is 1.17. The van der Waals surface area contributed by atoms with E-state index in [-0.39, 0.29) is 50.2 Å². The third-order valence-electron chi connectivity index (χ3n) is 8.15. The van der Waals surface area contributed by atoms with Gasteiger partial charge in [-0.2, -0.15) is 0 Å². The average molecular weight is 597 g/mol. The number of hydrogen-bond acceptors (Lipinski definition) is 3. The van der Waals surface area contributed by atoms with E-state index in [1.165, 1.54) is 6.33 Å². The fraction of sp³-hybridized carbons (Fsp3) is 0.0244. The SMILES string of the molecule is [2H]c1c([2H])c([2H])c(-c2ncnc3c2sc2ccc(-c4c([2H])c([2H])c5c(c4[2H])-c4c([2H])c([2H])c([2H])c([2H])c4C54c5c([2H])c([2H])c([2H])c([2H])c5-c5c([2H])c([2H])c([2H])c([2H])c54)cc23)c([2H])c1[2H]. The number of fused-ring (bicyclic) bond motifs is 13. The molecule has 1 spiro atoms. The Morgan fingerprint density at radius 2 is 1.16 bits per heavy atom. The van der Waals surface area contributed by atoms with Crippen LogP contribution in [0.15, 0.2) is 145 Å². The molecule has 0 atom stereocenters. The van der Waals surface area contributed by atoms with E-state index in [1.807, 2.05) is 0 Å². The van der Waals surface area contributed by atoms with Crippen molar-refractivity contribution in [1.82, 2.24) is 9.97 Å². The maximum absolute atomic E-state index is 9.90. The standard InChI is InChI=1S/C41H24N2S/c1-2-10-25(11-3-1)38-40-39(43-24-42-38)32-23-27(19-21-37(32)44-40)26-18-20-36-31(22-26)30-14-6-9-17-35(30)41(36)33-15-7-4-12-28(33)29-13-5-8-16-34(29)41/h1-24H/i1D,2D,3D,4D,5D,6D,7D,8D,9D,10D,11D,12D,13D,14D,15D,16D,17D,18D,20D,22D. The minimum atomic E-state index is -2.48.